The fraction of sp³-hybridized carbons (Fsp3) is 1.00. The largest absolute Gasteiger partial charge is 0.379 e. The van der Waals surface area contributed by atoms with E-state index < -0.39 is 0 Å². The molecule has 0 aromatic rings. The van der Waals surface area contributed by atoms with Gasteiger partial charge in [0.1, 0.15) is 0 Å². The number of hydrogen-bond acceptors (Lipinski definition) is 2. The summed E-state index contributed by atoms with van der Waals surface area (Å²) in [5.41, 5.74) is 0.155. The maximum absolute atomic E-state index is 6.23. The average Bonchev–Trinajstić information content (AvgIpc) is 2.24. The van der Waals surface area contributed by atoms with Gasteiger partial charge in [-0.1, -0.05) is 13.8 Å². The van der Waals surface area contributed by atoms with Gasteiger partial charge in [-0.25, -0.2) is 0 Å². The summed E-state index contributed by atoms with van der Waals surface area (Å²) in [6, 6.07) is 0. The third kappa shape index (κ3) is 2.86. The van der Waals surface area contributed by atoms with Gasteiger partial charge in [0.25, 0.3) is 0 Å². The van der Waals surface area contributed by atoms with Gasteiger partial charge < -0.3 is 9.47 Å². The van der Waals surface area contributed by atoms with E-state index in [1.807, 2.05) is 6.92 Å². The van der Waals surface area contributed by atoms with Crippen molar-refractivity contribution in [2.24, 2.45) is 5.41 Å². The molecule has 0 saturated heterocycles. The Balaban J connectivity index is 2.33. The fourth-order valence-corrected chi connectivity index (χ4v) is 2.49. The summed E-state index contributed by atoms with van der Waals surface area (Å²) >= 11 is 6.23. The van der Waals surface area contributed by atoms with Gasteiger partial charge in [-0.05, 0) is 26.7 Å². The van der Waals surface area contributed by atoms with Crippen LogP contribution in [0.15, 0.2) is 0 Å². The fourth-order valence-electron chi connectivity index (χ4n) is 2.03. The molecule has 4 atom stereocenters. The van der Waals surface area contributed by atoms with E-state index in [0.717, 1.165) is 19.4 Å². The van der Waals surface area contributed by atoms with Crippen molar-refractivity contribution in [2.45, 2.75) is 58.1 Å². The summed E-state index contributed by atoms with van der Waals surface area (Å²) in [6.45, 7) is 9.89. The zero-order valence-electron chi connectivity index (χ0n) is 10.3. The smallest absolute Gasteiger partial charge is 0.0784 e. The van der Waals surface area contributed by atoms with Crippen LogP contribution in [0.2, 0.25) is 0 Å². The lowest BCUT2D eigenvalue weighted by molar-refractivity contribution is -0.143. The Kier molecular flexibility index (Phi) is 4.88. The van der Waals surface area contributed by atoms with Crippen LogP contribution < -0.4 is 0 Å². The van der Waals surface area contributed by atoms with Crippen LogP contribution in [0.1, 0.15) is 40.5 Å². The van der Waals surface area contributed by atoms with E-state index in [0.29, 0.717) is 12.7 Å². The van der Waals surface area contributed by atoms with Crippen LogP contribution in [0.25, 0.3) is 0 Å². The number of alkyl halides is 1. The predicted molar refractivity (Wildman–Crippen MR) is 63.5 cm³/mol. The summed E-state index contributed by atoms with van der Waals surface area (Å²) in [5, 5.41) is 0.270. The second kappa shape index (κ2) is 5.51. The molecule has 1 rings (SSSR count). The van der Waals surface area contributed by atoms with Crippen molar-refractivity contribution in [2.75, 3.05) is 13.2 Å². The van der Waals surface area contributed by atoms with Gasteiger partial charge in [0.2, 0.25) is 0 Å². The molecule has 0 bridgehead atoms. The van der Waals surface area contributed by atoms with Gasteiger partial charge in [-0.3, -0.25) is 0 Å². The molecule has 1 aliphatic carbocycles. The van der Waals surface area contributed by atoms with Crippen LogP contribution >= 0.6 is 11.6 Å². The molecular formula is C12H23ClO2. The van der Waals surface area contributed by atoms with Gasteiger partial charge in [0.15, 0.2) is 0 Å². The Morgan fingerprint density at radius 3 is 2.60 bits per heavy atom. The highest BCUT2D eigenvalue weighted by Gasteiger charge is 2.50. The minimum absolute atomic E-state index is 0.155. The van der Waals surface area contributed by atoms with E-state index in [1.54, 1.807) is 0 Å². The third-order valence-electron chi connectivity index (χ3n) is 3.59. The highest BCUT2D eigenvalue weighted by atomic mass is 35.5. The molecule has 15 heavy (non-hydrogen) atoms. The van der Waals surface area contributed by atoms with E-state index >= 15 is 0 Å². The Labute approximate surface area is 98.3 Å². The van der Waals surface area contributed by atoms with Gasteiger partial charge in [-0.2, -0.15) is 0 Å². The van der Waals surface area contributed by atoms with Gasteiger partial charge in [0.05, 0.1) is 18.8 Å². The molecule has 0 heterocycles. The average molecular weight is 235 g/mol. The molecule has 1 fully saturated rings. The monoisotopic (exact) mass is 234 g/mol. The van der Waals surface area contributed by atoms with E-state index in [9.17, 15) is 0 Å². The number of hydrogen-bond donors (Lipinski definition) is 0. The Morgan fingerprint density at radius 1 is 1.47 bits per heavy atom. The predicted octanol–water partition coefficient (Wildman–Crippen LogP) is 3.22. The van der Waals surface area contributed by atoms with E-state index in [-0.39, 0.29) is 16.9 Å². The maximum Gasteiger partial charge on any atom is 0.0784 e. The molecule has 0 N–H and O–H groups in total. The quantitative estimate of drug-likeness (QED) is 0.657. The van der Waals surface area contributed by atoms with Gasteiger partial charge >= 0.3 is 0 Å². The molecule has 90 valence electrons. The van der Waals surface area contributed by atoms with Gasteiger partial charge in [-0.15, -0.1) is 11.6 Å². The van der Waals surface area contributed by atoms with Crippen LogP contribution in [-0.2, 0) is 9.47 Å². The molecule has 0 aromatic carbocycles. The molecule has 0 aromatic heterocycles. The normalized spacial score (nSPS) is 37.4. The van der Waals surface area contributed by atoms with E-state index in [2.05, 4.69) is 20.8 Å². The number of halogens is 1. The summed E-state index contributed by atoms with van der Waals surface area (Å²) in [5.74, 6) is 0. The maximum atomic E-state index is 6.23. The Hall–Kier alpha value is 0.210. The van der Waals surface area contributed by atoms with Crippen molar-refractivity contribution >= 4 is 11.6 Å². The van der Waals surface area contributed by atoms with Crippen molar-refractivity contribution in [1.29, 1.82) is 0 Å². The highest BCUT2D eigenvalue weighted by Crippen LogP contribution is 2.49. The van der Waals surface area contributed by atoms with Crippen molar-refractivity contribution in [3.05, 3.63) is 0 Å². The van der Waals surface area contributed by atoms with Crippen LogP contribution in [0.5, 0.6) is 0 Å². The third-order valence-corrected chi connectivity index (χ3v) is 4.26. The van der Waals surface area contributed by atoms with Crippen LogP contribution in [0.3, 0.4) is 0 Å². The molecule has 4 unspecified atom stereocenters. The molecule has 1 aliphatic rings. The second-order valence-electron chi connectivity index (χ2n) is 4.66. The molecule has 1 saturated carbocycles. The van der Waals surface area contributed by atoms with Crippen LogP contribution in [0.4, 0.5) is 0 Å². The number of ether oxygens (including phenoxy) is 2. The molecule has 3 heteroatoms. The van der Waals surface area contributed by atoms with E-state index in [4.69, 9.17) is 21.1 Å². The molecule has 0 radical (unpaired) electrons. The first kappa shape index (κ1) is 13.3. The van der Waals surface area contributed by atoms with Crippen LogP contribution in [0, 0.1) is 5.41 Å². The SMILES string of the molecule is CCOCC(C)OC1CC(Cl)C1(C)CC. The molecule has 2 nitrogen and oxygen atoms in total. The zero-order chi connectivity index (χ0) is 11.5. The Bertz CT molecular complexity index is 198. The second-order valence-corrected chi connectivity index (χ2v) is 5.18. The topological polar surface area (TPSA) is 18.5 Å². The summed E-state index contributed by atoms with van der Waals surface area (Å²) in [7, 11) is 0. The minimum Gasteiger partial charge on any atom is -0.379 e. The summed E-state index contributed by atoms with van der Waals surface area (Å²) in [6.07, 6.45) is 2.53. The van der Waals surface area contributed by atoms with Gasteiger partial charge in [0, 0.05) is 17.4 Å². The molecule has 0 amide bonds. The number of rotatable bonds is 6. The highest BCUT2D eigenvalue weighted by molar-refractivity contribution is 6.21. The lowest BCUT2D eigenvalue weighted by Gasteiger charge is -2.51. The first-order valence-corrected chi connectivity index (χ1v) is 6.35. The van der Waals surface area contributed by atoms with Crippen molar-refractivity contribution < 1.29 is 9.47 Å². The van der Waals surface area contributed by atoms with Crippen molar-refractivity contribution in [3.63, 3.8) is 0 Å². The van der Waals surface area contributed by atoms with Crippen molar-refractivity contribution in [3.8, 4) is 0 Å². The van der Waals surface area contributed by atoms with Crippen LogP contribution in [-0.4, -0.2) is 30.8 Å². The molecule has 0 spiro atoms. The lowest BCUT2D eigenvalue weighted by atomic mass is 9.65. The molecular weight excluding hydrogens is 212 g/mol. The Morgan fingerprint density at radius 2 is 2.13 bits per heavy atom. The first-order valence-electron chi connectivity index (χ1n) is 5.91. The first-order chi connectivity index (χ1) is 7.04. The zero-order valence-corrected chi connectivity index (χ0v) is 11.0. The summed E-state index contributed by atoms with van der Waals surface area (Å²) in [4.78, 5) is 0. The molecule has 0 aliphatic heterocycles. The lowest BCUT2D eigenvalue weighted by Crippen LogP contribution is -2.54. The van der Waals surface area contributed by atoms with E-state index in [1.165, 1.54) is 0 Å². The summed E-state index contributed by atoms with van der Waals surface area (Å²) < 4.78 is 11.3. The van der Waals surface area contributed by atoms with Crippen molar-refractivity contribution in [1.82, 2.24) is 0 Å². The minimum atomic E-state index is 0.155. The standard InChI is InChI=1S/C12H23ClO2/c1-5-12(4)10(13)7-11(12)15-9(3)8-14-6-2/h9-11H,5-8H2,1-4H3.